The Balaban J connectivity index is 1.99. The minimum absolute atomic E-state index is 0.185. The fourth-order valence-electron chi connectivity index (χ4n) is 1.61. The van der Waals surface area contributed by atoms with Gasteiger partial charge in [-0.15, -0.1) is 11.3 Å². The van der Waals surface area contributed by atoms with Gasteiger partial charge in [0.05, 0.1) is 6.04 Å². The molecule has 19 heavy (non-hydrogen) atoms. The maximum absolute atomic E-state index is 12.2. The number of alkyl halides is 2. The molecule has 2 aromatic rings. The lowest BCUT2D eigenvalue weighted by molar-refractivity contribution is 0.252. The van der Waals surface area contributed by atoms with E-state index in [1.807, 2.05) is 17.5 Å². The van der Waals surface area contributed by atoms with Crippen LogP contribution in [0.5, 0.6) is 0 Å². The molecule has 0 radical (unpaired) electrons. The Hall–Kier alpha value is -0.590. The van der Waals surface area contributed by atoms with Gasteiger partial charge in [0.25, 0.3) is 5.76 Å². The van der Waals surface area contributed by atoms with Crippen molar-refractivity contribution in [3.05, 3.63) is 45.1 Å². The van der Waals surface area contributed by atoms with Crippen LogP contribution in [-0.4, -0.2) is 5.76 Å². The predicted octanol–water partition coefficient (Wildman–Crippen LogP) is 6.00. The molecule has 0 aliphatic carbocycles. The van der Waals surface area contributed by atoms with Crippen LogP contribution in [0, 0.1) is 0 Å². The first-order chi connectivity index (χ1) is 9.04. The Labute approximate surface area is 127 Å². The van der Waals surface area contributed by atoms with E-state index in [2.05, 4.69) is 34.2 Å². The molecular formula is C13H12BrF2NS2. The number of thioether (sulfide) groups is 1. The van der Waals surface area contributed by atoms with Crippen LogP contribution in [0.1, 0.15) is 17.8 Å². The molecule has 0 saturated heterocycles. The first kappa shape index (κ1) is 14.8. The second kappa shape index (κ2) is 6.72. The monoisotopic (exact) mass is 363 g/mol. The zero-order valence-electron chi connectivity index (χ0n) is 10.1. The van der Waals surface area contributed by atoms with E-state index in [0.717, 1.165) is 10.2 Å². The van der Waals surface area contributed by atoms with Crippen LogP contribution in [-0.2, 0) is 0 Å². The third-order valence-corrected chi connectivity index (χ3v) is 5.08. The molecule has 2 rings (SSSR count). The lowest BCUT2D eigenvalue weighted by Gasteiger charge is -2.14. The molecule has 1 unspecified atom stereocenters. The van der Waals surface area contributed by atoms with Crippen molar-refractivity contribution in [1.29, 1.82) is 0 Å². The van der Waals surface area contributed by atoms with Gasteiger partial charge in [0.1, 0.15) is 0 Å². The number of nitrogens with one attached hydrogen (secondary N) is 1. The van der Waals surface area contributed by atoms with Gasteiger partial charge >= 0.3 is 0 Å². The molecule has 6 heteroatoms. The van der Waals surface area contributed by atoms with Crippen LogP contribution >= 0.6 is 39.0 Å². The Morgan fingerprint density at radius 1 is 1.26 bits per heavy atom. The molecule has 0 amide bonds. The molecule has 0 aliphatic heterocycles. The van der Waals surface area contributed by atoms with Crippen molar-refractivity contribution in [2.24, 2.45) is 0 Å². The Bertz CT molecular complexity index is 528. The summed E-state index contributed by atoms with van der Waals surface area (Å²) in [7, 11) is 0. The fourth-order valence-corrected chi connectivity index (χ4v) is 3.56. The van der Waals surface area contributed by atoms with Gasteiger partial charge in [0, 0.05) is 25.3 Å². The number of halogens is 3. The van der Waals surface area contributed by atoms with E-state index in [-0.39, 0.29) is 6.04 Å². The summed E-state index contributed by atoms with van der Waals surface area (Å²) in [4.78, 5) is 1.80. The van der Waals surface area contributed by atoms with Gasteiger partial charge in [0.2, 0.25) is 0 Å². The molecule has 1 N–H and O–H groups in total. The maximum Gasteiger partial charge on any atom is 0.288 e. The van der Waals surface area contributed by atoms with E-state index in [4.69, 9.17) is 0 Å². The van der Waals surface area contributed by atoms with Crippen LogP contribution in [0.2, 0.25) is 0 Å². The Morgan fingerprint density at radius 2 is 1.95 bits per heavy atom. The van der Waals surface area contributed by atoms with Gasteiger partial charge in [-0.2, -0.15) is 8.78 Å². The van der Waals surface area contributed by atoms with Gasteiger partial charge in [-0.05, 0) is 53.2 Å². The van der Waals surface area contributed by atoms with Gasteiger partial charge in [-0.25, -0.2) is 0 Å². The molecule has 0 saturated carbocycles. The van der Waals surface area contributed by atoms with E-state index in [0.29, 0.717) is 16.7 Å². The number of rotatable bonds is 5. The van der Waals surface area contributed by atoms with Crippen molar-refractivity contribution >= 4 is 44.7 Å². The van der Waals surface area contributed by atoms with Crippen molar-refractivity contribution in [2.45, 2.75) is 23.6 Å². The van der Waals surface area contributed by atoms with E-state index in [1.165, 1.54) is 4.88 Å². The molecule has 1 atom stereocenters. The molecule has 0 aliphatic rings. The summed E-state index contributed by atoms with van der Waals surface area (Å²) < 4.78 is 25.5. The smallest absolute Gasteiger partial charge is 0.288 e. The Kier molecular flexibility index (Phi) is 5.24. The van der Waals surface area contributed by atoms with Crippen molar-refractivity contribution in [2.75, 3.05) is 5.32 Å². The quantitative estimate of drug-likeness (QED) is 0.653. The van der Waals surface area contributed by atoms with E-state index in [9.17, 15) is 8.78 Å². The van der Waals surface area contributed by atoms with Crippen LogP contribution in [0.15, 0.2) is 45.1 Å². The van der Waals surface area contributed by atoms with Crippen molar-refractivity contribution < 1.29 is 8.78 Å². The van der Waals surface area contributed by atoms with E-state index < -0.39 is 5.76 Å². The topological polar surface area (TPSA) is 12.0 Å². The number of hydrogen-bond acceptors (Lipinski definition) is 3. The fraction of sp³-hybridized carbons (Fsp3) is 0.231. The van der Waals surface area contributed by atoms with Gasteiger partial charge < -0.3 is 5.32 Å². The molecule has 0 bridgehead atoms. The normalized spacial score (nSPS) is 12.7. The zero-order chi connectivity index (χ0) is 13.8. The molecule has 1 aromatic carbocycles. The van der Waals surface area contributed by atoms with Gasteiger partial charge in [0.15, 0.2) is 0 Å². The van der Waals surface area contributed by atoms with E-state index >= 15 is 0 Å². The minimum atomic E-state index is -2.37. The first-order valence-electron chi connectivity index (χ1n) is 5.60. The molecule has 1 aromatic heterocycles. The number of anilines is 1. The lowest BCUT2D eigenvalue weighted by Crippen LogP contribution is -2.04. The van der Waals surface area contributed by atoms with Crippen LogP contribution in [0.4, 0.5) is 14.5 Å². The molecular weight excluding hydrogens is 352 g/mol. The van der Waals surface area contributed by atoms with E-state index in [1.54, 1.807) is 23.5 Å². The predicted molar refractivity (Wildman–Crippen MR) is 82.4 cm³/mol. The summed E-state index contributed by atoms with van der Waals surface area (Å²) >= 11 is 5.66. The highest BCUT2D eigenvalue weighted by atomic mass is 79.9. The standard InChI is InChI=1S/C13H12BrF2NS2/c1-8(12-6-9(14)7-18-12)17-10-2-4-11(5-3-10)19-13(15)16/h2-8,13,17H,1H3. The largest absolute Gasteiger partial charge is 0.378 e. The Morgan fingerprint density at radius 3 is 2.47 bits per heavy atom. The number of hydrogen-bond donors (Lipinski definition) is 1. The summed E-state index contributed by atoms with van der Waals surface area (Å²) in [5.74, 6) is -2.37. The molecule has 0 fully saturated rings. The summed E-state index contributed by atoms with van der Waals surface area (Å²) in [5, 5.41) is 5.38. The molecule has 102 valence electrons. The van der Waals surface area contributed by atoms with Crippen LogP contribution < -0.4 is 5.32 Å². The molecule has 1 heterocycles. The lowest BCUT2D eigenvalue weighted by atomic mass is 10.2. The third-order valence-electron chi connectivity index (χ3n) is 2.48. The highest BCUT2D eigenvalue weighted by Crippen LogP contribution is 2.30. The van der Waals surface area contributed by atoms with Crippen molar-refractivity contribution in [3.8, 4) is 0 Å². The summed E-state index contributed by atoms with van der Waals surface area (Å²) in [6.07, 6.45) is 0. The zero-order valence-corrected chi connectivity index (χ0v) is 13.3. The van der Waals surface area contributed by atoms with Crippen LogP contribution in [0.3, 0.4) is 0 Å². The summed E-state index contributed by atoms with van der Waals surface area (Å²) in [6.45, 7) is 2.07. The first-order valence-corrected chi connectivity index (χ1v) is 8.15. The summed E-state index contributed by atoms with van der Waals surface area (Å²) in [5.41, 5.74) is 0.927. The second-order valence-corrected chi connectivity index (χ2v) is 6.86. The van der Waals surface area contributed by atoms with Crippen molar-refractivity contribution in [3.63, 3.8) is 0 Å². The molecule has 1 nitrogen and oxygen atoms in total. The maximum atomic E-state index is 12.2. The minimum Gasteiger partial charge on any atom is -0.378 e. The molecule has 0 spiro atoms. The van der Waals surface area contributed by atoms with Gasteiger partial charge in [-0.1, -0.05) is 11.8 Å². The van der Waals surface area contributed by atoms with Gasteiger partial charge in [-0.3, -0.25) is 0 Å². The SMILES string of the molecule is CC(Nc1ccc(SC(F)F)cc1)c1cc(Br)cs1. The average molecular weight is 364 g/mol. The van der Waals surface area contributed by atoms with Crippen LogP contribution in [0.25, 0.3) is 0 Å². The summed E-state index contributed by atoms with van der Waals surface area (Å²) in [6, 6.07) is 9.31. The highest BCUT2D eigenvalue weighted by molar-refractivity contribution is 9.10. The average Bonchev–Trinajstić information content (AvgIpc) is 2.78. The highest BCUT2D eigenvalue weighted by Gasteiger charge is 2.09. The third kappa shape index (κ3) is 4.47. The van der Waals surface area contributed by atoms with Crippen molar-refractivity contribution in [1.82, 2.24) is 0 Å². The number of thiophene rings is 1. The second-order valence-electron chi connectivity index (χ2n) is 3.94. The number of benzene rings is 1.